The average Bonchev–Trinajstić information content (AvgIpc) is 3.02. The lowest BCUT2D eigenvalue weighted by atomic mass is 9.96. The molecule has 2 N–H and O–H groups in total. The van der Waals surface area contributed by atoms with Crippen molar-refractivity contribution in [1.29, 1.82) is 0 Å². The number of urea groups is 1. The van der Waals surface area contributed by atoms with Crippen LogP contribution in [0.2, 0.25) is 0 Å². The number of benzene rings is 1. The molecule has 2 bridgehead atoms. The normalized spacial score (nSPS) is 22.4. The summed E-state index contributed by atoms with van der Waals surface area (Å²) in [6.45, 7) is 1.49. The Morgan fingerprint density at radius 3 is 2.92 bits per heavy atom. The molecule has 25 heavy (non-hydrogen) atoms. The minimum Gasteiger partial charge on any atom is -0.351 e. The van der Waals surface area contributed by atoms with Gasteiger partial charge in [-0.05, 0) is 30.5 Å². The largest absolute Gasteiger partial charge is 0.351 e. The number of nitrogens with zero attached hydrogens (tertiary/aromatic N) is 3. The van der Waals surface area contributed by atoms with E-state index in [0.29, 0.717) is 19.6 Å². The summed E-state index contributed by atoms with van der Waals surface area (Å²) in [4.78, 5) is 26.3. The van der Waals surface area contributed by atoms with Crippen LogP contribution in [-0.2, 0) is 11.3 Å². The van der Waals surface area contributed by atoms with Crippen LogP contribution >= 0.6 is 0 Å². The molecular weight excluding hydrogens is 318 g/mol. The van der Waals surface area contributed by atoms with Crippen LogP contribution in [0.5, 0.6) is 0 Å². The Hall–Kier alpha value is -2.83. The van der Waals surface area contributed by atoms with Crippen molar-refractivity contribution in [3.63, 3.8) is 0 Å². The number of piperidine rings is 1. The van der Waals surface area contributed by atoms with Gasteiger partial charge in [-0.15, -0.1) is 0 Å². The maximum atomic E-state index is 12.6. The monoisotopic (exact) mass is 339 g/mol. The number of aromatic nitrogens is 2. The van der Waals surface area contributed by atoms with Gasteiger partial charge >= 0.3 is 6.03 Å². The summed E-state index contributed by atoms with van der Waals surface area (Å²) in [6.07, 6.45) is 5.42. The molecule has 130 valence electrons. The Morgan fingerprint density at radius 1 is 1.24 bits per heavy atom. The molecule has 1 aromatic carbocycles. The molecule has 0 spiro atoms. The fraction of sp³-hybridized carbons (Fsp3) is 0.389. The topological polar surface area (TPSA) is 79.3 Å². The SMILES string of the molecule is O=C1N[C@H]2CC[C@@H]1CN(C(=O)NCc1ccccc1-n1cccn1)C2. The van der Waals surface area contributed by atoms with Crippen LogP contribution in [0.25, 0.3) is 5.69 Å². The molecular formula is C18H21N5O2. The molecule has 3 saturated heterocycles. The predicted octanol–water partition coefficient (Wildman–Crippen LogP) is 1.29. The van der Waals surface area contributed by atoms with Gasteiger partial charge in [-0.2, -0.15) is 5.10 Å². The zero-order valence-corrected chi connectivity index (χ0v) is 13.9. The highest BCUT2D eigenvalue weighted by Crippen LogP contribution is 2.22. The molecule has 7 heteroatoms. The summed E-state index contributed by atoms with van der Waals surface area (Å²) in [5.74, 6) is -0.00330. The van der Waals surface area contributed by atoms with Crippen molar-refractivity contribution in [1.82, 2.24) is 25.3 Å². The molecule has 0 unspecified atom stereocenters. The number of nitrogens with one attached hydrogen (secondary N) is 2. The van der Waals surface area contributed by atoms with Crippen molar-refractivity contribution in [3.05, 3.63) is 48.3 Å². The number of fused-ring (bicyclic) bond motifs is 4. The van der Waals surface area contributed by atoms with Crippen LogP contribution in [0.3, 0.4) is 0 Å². The molecule has 1 aromatic heterocycles. The van der Waals surface area contributed by atoms with Crippen molar-refractivity contribution in [2.24, 2.45) is 5.92 Å². The third-order valence-corrected chi connectivity index (χ3v) is 4.92. The fourth-order valence-corrected chi connectivity index (χ4v) is 3.59. The second kappa shape index (κ2) is 6.58. The number of amides is 3. The fourth-order valence-electron chi connectivity index (χ4n) is 3.59. The molecule has 3 aliphatic rings. The van der Waals surface area contributed by atoms with Gasteiger partial charge < -0.3 is 15.5 Å². The number of carbonyl (C=O) groups excluding carboxylic acids is 2. The molecule has 3 aliphatic heterocycles. The lowest BCUT2D eigenvalue weighted by molar-refractivity contribution is -0.126. The van der Waals surface area contributed by atoms with E-state index in [2.05, 4.69) is 15.7 Å². The molecule has 0 aliphatic carbocycles. The second-order valence-corrected chi connectivity index (χ2v) is 6.62. The van der Waals surface area contributed by atoms with Gasteiger partial charge in [0.25, 0.3) is 0 Å². The molecule has 2 atom stereocenters. The van der Waals surface area contributed by atoms with Crippen LogP contribution in [0.1, 0.15) is 18.4 Å². The van der Waals surface area contributed by atoms with Crippen molar-refractivity contribution in [2.45, 2.75) is 25.4 Å². The van der Waals surface area contributed by atoms with Gasteiger partial charge in [0.05, 0.1) is 11.6 Å². The second-order valence-electron chi connectivity index (χ2n) is 6.62. The molecule has 0 radical (unpaired) electrons. The maximum Gasteiger partial charge on any atom is 0.317 e. The molecule has 2 aromatic rings. The van der Waals surface area contributed by atoms with Crippen LogP contribution in [0.15, 0.2) is 42.7 Å². The van der Waals surface area contributed by atoms with Gasteiger partial charge in [0.15, 0.2) is 0 Å². The van der Waals surface area contributed by atoms with E-state index in [0.717, 1.165) is 24.1 Å². The van der Waals surface area contributed by atoms with Crippen molar-refractivity contribution < 1.29 is 9.59 Å². The molecule has 4 heterocycles. The molecule has 0 saturated carbocycles. The van der Waals surface area contributed by atoms with Crippen LogP contribution < -0.4 is 10.6 Å². The Kier molecular flexibility index (Phi) is 4.13. The Bertz CT molecular complexity index is 774. The van der Waals surface area contributed by atoms with E-state index in [4.69, 9.17) is 0 Å². The average molecular weight is 339 g/mol. The van der Waals surface area contributed by atoms with Crippen molar-refractivity contribution >= 4 is 11.9 Å². The van der Waals surface area contributed by atoms with Gasteiger partial charge in [-0.25, -0.2) is 9.48 Å². The highest BCUT2D eigenvalue weighted by atomic mass is 16.2. The summed E-state index contributed by atoms with van der Waals surface area (Å²) in [5, 5.41) is 10.2. The minimum absolute atomic E-state index is 0.0772. The summed E-state index contributed by atoms with van der Waals surface area (Å²) < 4.78 is 1.79. The summed E-state index contributed by atoms with van der Waals surface area (Å²) in [5.41, 5.74) is 1.94. The van der Waals surface area contributed by atoms with E-state index in [1.54, 1.807) is 15.8 Å². The summed E-state index contributed by atoms with van der Waals surface area (Å²) in [6, 6.07) is 9.68. The number of hydrogen-bond acceptors (Lipinski definition) is 3. The van der Waals surface area contributed by atoms with E-state index < -0.39 is 0 Å². The maximum absolute atomic E-state index is 12.6. The Balaban J connectivity index is 1.44. The van der Waals surface area contributed by atoms with Gasteiger partial charge in [-0.3, -0.25) is 4.79 Å². The van der Waals surface area contributed by atoms with Crippen LogP contribution in [-0.4, -0.2) is 45.8 Å². The van der Waals surface area contributed by atoms with E-state index in [-0.39, 0.29) is 23.9 Å². The third kappa shape index (κ3) is 3.22. The zero-order chi connectivity index (χ0) is 17.2. The first-order valence-corrected chi connectivity index (χ1v) is 8.62. The third-order valence-electron chi connectivity index (χ3n) is 4.92. The number of rotatable bonds is 3. The number of carbonyl (C=O) groups is 2. The van der Waals surface area contributed by atoms with Crippen LogP contribution in [0, 0.1) is 5.92 Å². The summed E-state index contributed by atoms with van der Waals surface area (Å²) in [7, 11) is 0. The number of para-hydroxylation sites is 1. The van der Waals surface area contributed by atoms with Gasteiger partial charge in [0.1, 0.15) is 0 Å². The van der Waals surface area contributed by atoms with Crippen LogP contribution in [0.4, 0.5) is 4.79 Å². The molecule has 7 nitrogen and oxygen atoms in total. The quantitative estimate of drug-likeness (QED) is 0.884. The predicted molar refractivity (Wildman–Crippen MR) is 92.0 cm³/mol. The molecule has 3 fully saturated rings. The minimum atomic E-state index is -0.122. The van der Waals surface area contributed by atoms with Gasteiger partial charge in [0.2, 0.25) is 5.91 Å². The Labute approximate surface area is 146 Å². The van der Waals surface area contributed by atoms with E-state index >= 15 is 0 Å². The van der Waals surface area contributed by atoms with Gasteiger partial charge in [0, 0.05) is 38.1 Å². The smallest absolute Gasteiger partial charge is 0.317 e. The lowest BCUT2D eigenvalue weighted by Crippen LogP contribution is -2.45. The first kappa shape index (κ1) is 15.7. The van der Waals surface area contributed by atoms with Gasteiger partial charge in [-0.1, -0.05) is 18.2 Å². The molecule has 5 rings (SSSR count). The molecule has 3 amide bonds. The lowest BCUT2D eigenvalue weighted by Gasteiger charge is -2.23. The first-order valence-electron chi connectivity index (χ1n) is 8.62. The van der Waals surface area contributed by atoms with E-state index in [9.17, 15) is 9.59 Å². The first-order chi connectivity index (χ1) is 12.2. The van der Waals surface area contributed by atoms with Crippen molar-refractivity contribution in [3.8, 4) is 5.69 Å². The van der Waals surface area contributed by atoms with Crippen molar-refractivity contribution in [2.75, 3.05) is 13.1 Å². The standard InChI is InChI=1S/C18H21N5O2/c24-17-14-6-7-15(21-17)12-22(11-14)18(25)19-10-13-4-1-2-5-16(13)23-9-3-8-20-23/h1-5,8-9,14-15H,6-7,10-12H2,(H,19,25)(H,21,24)/t14-,15+/m1/s1. The summed E-state index contributed by atoms with van der Waals surface area (Å²) >= 11 is 0. The highest BCUT2D eigenvalue weighted by molar-refractivity contribution is 5.82. The van der Waals surface area contributed by atoms with E-state index in [1.165, 1.54) is 0 Å². The zero-order valence-electron chi connectivity index (χ0n) is 13.9. The highest BCUT2D eigenvalue weighted by Gasteiger charge is 2.36. The number of hydrogen-bond donors (Lipinski definition) is 2. The van der Waals surface area contributed by atoms with E-state index in [1.807, 2.05) is 36.5 Å². The Morgan fingerprint density at radius 2 is 2.12 bits per heavy atom.